The van der Waals surface area contributed by atoms with Crippen molar-refractivity contribution in [3.05, 3.63) is 22.5 Å². The van der Waals surface area contributed by atoms with Crippen LogP contribution in [-0.2, 0) is 10.5 Å². The summed E-state index contributed by atoms with van der Waals surface area (Å²) in [7, 11) is 1.11. The van der Waals surface area contributed by atoms with Crippen molar-refractivity contribution < 1.29 is 28.8 Å². The van der Waals surface area contributed by atoms with Gasteiger partial charge in [0.15, 0.2) is 18.3 Å². The molecular formula is C12H15F2N3O5. The molecule has 0 aliphatic carbocycles. The fourth-order valence-electron chi connectivity index (χ4n) is 1.69. The normalized spacial score (nSPS) is 16.3. The van der Waals surface area contributed by atoms with E-state index in [1.165, 1.54) is 0 Å². The summed E-state index contributed by atoms with van der Waals surface area (Å²) in [5, 5.41) is 29.6. The second kappa shape index (κ2) is 7.28. The van der Waals surface area contributed by atoms with E-state index in [1.54, 1.807) is 0 Å². The zero-order valence-corrected chi connectivity index (χ0v) is 11.5. The van der Waals surface area contributed by atoms with Gasteiger partial charge in [-0.05, 0) is 5.92 Å². The van der Waals surface area contributed by atoms with Gasteiger partial charge in [0.2, 0.25) is 5.72 Å². The van der Waals surface area contributed by atoms with Crippen LogP contribution in [0.25, 0.3) is 0 Å². The van der Waals surface area contributed by atoms with E-state index < -0.39 is 48.5 Å². The minimum atomic E-state index is -2.78. The number of rotatable bonds is 5. The lowest BCUT2D eigenvalue weighted by Crippen LogP contribution is -2.55. The molecule has 0 aromatic carbocycles. The number of nitrogen functional groups attached to an aromatic ring is 1. The average Bonchev–Trinajstić information content (AvgIpc) is 2.49. The van der Waals surface area contributed by atoms with Crippen molar-refractivity contribution in [2.45, 2.75) is 17.9 Å². The summed E-state index contributed by atoms with van der Waals surface area (Å²) in [6, 6.07) is 0. The summed E-state index contributed by atoms with van der Waals surface area (Å²) in [4.78, 5) is 14.9. The fourth-order valence-corrected chi connectivity index (χ4v) is 1.69. The third kappa shape index (κ3) is 3.40. The maximum atomic E-state index is 13.5. The largest absolute Gasteiger partial charge is 0.394 e. The highest BCUT2D eigenvalue weighted by molar-refractivity contribution is 5.28. The van der Waals surface area contributed by atoms with Gasteiger partial charge in [-0.15, -0.1) is 0 Å². The average molecular weight is 319 g/mol. The summed E-state index contributed by atoms with van der Waals surface area (Å²) in [6.07, 6.45) is -2.93. The van der Waals surface area contributed by atoms with Crippen molar-refractivity contribution in [1.82, 2.24) is 9.55 Å². The van der Waals surface area contributed by atoms with Crippen molar-refractivity contribution in [2.24, 2.45) is 0 Å². The van der Waals surface area contributed by atoms with Crippen LogP contribution in [0.1, 0.15) is 0 Å². The monoisotopic (exact) mass is 319 g/mol. The lowest BCUT2D eigenvalue weighted by molar-refractivity contribution is -0.156. The Morgan fingerprint density at radius 1 is 1.64 bits per heavy atom. The van der Waals surface area contributed by atoms with Gasteiger partial charge in [-0.25, -0.2) is 13.6 Å². The standard InChI is InChI=1S/C12H15F2N3O5/c1-22-8(6-18)9(19)12(21,3-2-4-13)17-5-7(14)10(15)16-11(17)20/h5,8-9,18-19,21H,4,6H2,1H3,(H2,15,16,20)/t8?,9?,12-/m1/s1. The molecule has 8 nitrogen and oxygen atoms in total. The molecule has 10 heteroatoms. The van der Waals surface area contributed by atoms with Gasteiger partial charge in [0.1, 0.15) is 12.2 Å². The number of ether oxygens (including phenoxy) is 1. The number of hydrogen-bond donors (Lipinski definition) is 4. The molecule has 0 amide bonds. The molecule has 0 aliphatic rings. The highest BCUT2D eigenvalue weighted by Gasteiger charge is 2.42. The summed E-state index contributed by atoms with van der Waals surface area (Å²) in [5.41, 5.74) is 1.10. The number of nitrogens with two attached hydrogens (primary N) is 1. The van der Waals surface area contributed by atoms with Crippen LogP contribution in [0.3, 0.4) is 0 Å². The highest BCUT2D eigenvalue weighted by Crippen LogP contribution is 2.20. The number of hydrogen-bond acceptors (Lipinski definition) is 7. The van der Waals surface area contributed by atoms with E-state index in [4.69, 9.17) is 15.6 Å². The Kier molecular flexibility index (Phi) is 5.95. The molecule has 5 N–H and O–H groups in total. The highest BCUT2D eigenvalue weighted by atomic mass is 19.1. The Labute approximate surface area is 123 Å². The third-order valence-electron chi connectivity index (χ3n) is 2.86. The predicted octanol–water partition coefficient (Wildman–Crippen LogP) is -2.05. The Morgan fingerprint density at radius 3 is 2.77 bits per heavy atom. The van der Waals surface area contributed by atoms with Crippen molar-refractivity contribution >= 4 is 5.82 Å². The smallest absolute Gasteiger partial charge is 0.352 e. The number of aromatic nitrogens is 2. The van der Waals surface area contributed by atoms with Gasteiger partial charge >= 0.3 is 5.69 Å². The Balaban J connectivity index is 3.53. The summed E-state index contributed by atoms with van der Waals surface area (Å²) in [6.45, 7) is -1.96. The Hall–Kier alpha value is -2.06. The molecule has 1 heterocycles. The molecule has 3 atom stereocenters. The van der Waals surface area contributed by atoms with E-state index in [1.807, 2.05) is 11.8 Å². The van der Waals surface area contributed by atoms with Gasteiger partial charge in [0.05, 0.1) is 12.8 Å². The van der Waals surface area contributed by atoms with E-state index in [9.17, 15) is 23.8 Å². The lowest BCUT2D eigenvalue weighted by Gasteiger charge is -2.33. The molecule has 122 valence electrons. The molecule has 0 aliphatic heterocycles. The van der Waals surface area contributed by atoms with Crippen molar-refractivity contribution in [1.29, 1.82) is 0 Å². The van der Waals surface area contributed by atoms with Gasteiger partial charge in [0, 0.05) is 7.11 Å². The summed E-state index contributed by atoms with van der Waals surface area (Å²) < 4.78 is 30.7. The van der Waals surface area contributed by atoms with Gasteiger partial charge in [-0.3, -0.25) is 4.57 Å². The first-order valence-corrected chi connectivity index (χ1v) is 5.97. The Bertz CT molecular complexity index is 638. The molecule has 0 bridgehead atoms. The number of nitrogens with zero attached hydrogens (tertiary/aromatic N) is 2. The van der Waals surface area contributed by atoms with Crippen LogP contribution >= 0.6 is 0 Å². The van der Waals surface area contributed by atoms with E-state index in [2.05, 4.69) is 4.98 Å². The molecule has 1 aromatic heterocycles. The van der Waals surface area contributed by atoms with Crippen LogP contribution in [0.2, 0.25) is 0 Å². The van der Waals surface area contributed by atoms with Crippen molar-refractivity contribution in [3.63, 3.8) is 0 Å². The first-order valence-electron chi connectivity index (χ1n) is 5.97. The van der Waals surface area contributed by atoms with Gasteiger partial charge in [0.25, 0.3) is 0 Å². The molecule has 0 fully saturated rings. The molecule has 0 spiro atoms. The molecule has 1 rings (SSSR count). The quantitative estimate of drug-likeness (QED) is 0.459. The van der Waals surface area contributed by atoms with Crippen LogP contribution in [0.4, 0.5) is 14.6 Å². The minimum Gasteiger partial charge on any atom is -0.394 e. The van der Waals surface area contributed by atoms with Gasteiger partial charge < -0.3 is 25.8 Å². The number of halogens is 2. The van der Waals surface area contributed by atoms with Gasteiger partial charge in [-0.1, -0.05) is 5.92 Å². The molecular weight excluding hydrogens is 304 g/mol. The van der Waals surface area contributed by atoms with E-state index in [-0.39, 0.29) is 4.57 Å². The maximum absolute atomic E-state index is 13.5. The first-order chi connectivity index (χ1) is 10.3. The molecule has 1 aromatic rings. The van der Waals surface area contributed by atoms with E-state index in [0.29, 0.717) is 6.20 Å². The second-order valence-corrected chi connectivity index (χ2v) is 4.19. The minimum absolute atomic E-state index is 0.244. The van der Waals surface area contributed by atoms with Crippen molar-refractivity contribution in [2.75, 3.05) is 26.1 Å². The maximum Gasteiger partial charge on any atom is 0.352 e. The number of methoxy groups -OCH3 is 1. The number of aliphatic hydroxyl groups is 3. The molecule has 22 heavy (non-hydrogen) atoms. The zero-order valence-electron chi connectivity index (χ0n) is 11.5. The van der Waals surface area contributed by atoms with Gasteiger partial charge in [-0.2, -0.15) is 4.98 Å². The van der Waals surface area contributed by atoms with Crippen LogP contribution in [-0.4, -0.2) is 57.5 Å². The molecule has 2 unspecified atom stereocenters. The molecule has 0 saturated heterocycles. The number of aliphatic hydroxyl groups excluding tert-OH is 2. The van der Waals surface area contributed by atoms with Crippen LogP contribution in [0.5, 0.6) is 0 Å². The zero-order chi connectivity index (χ0) is 16.9. The third-order valence-corrected chi connectivity index (χ3v) is 2.86. The van der Waals surface area contributed by atoms with Crippen LogP contribution in [0, 0.1) is 17.7 Å². The molecule has 0 saturated carbocycles. The predicted molar refractivity (Wildman–Crippen MR) is 70.7 cm³/mol. The van der Waals surface area contributed by atoms with E-state index >= 15 is 0 Å². The SMILES string of the molecule is COC(CO)C(O)[C@](O)(C#CCF)n1cc(F)c(N)nc1=O. The summed E-state index contributed by atoms with van der Waals surface area (Å²) >= 11 is 0. The topological polar surface area (TPSA) is 131 Å². The second-order valence-electron chi connectivity index (χ2n) is 4.19. The van der Waals surface area contributed by atoms with Crippen LogP contribution in [0.15, 0.2) is 11.0 Å². The lowest BCUT2D eigenvalue weighted by atomic mass is 10.0. The number of anilines is 1. The van der Waals surface area contributed by atoms with Crippen LogP contribution < -0.4 is 11.4 Å². The Morgan fingerprint density at radius 2 is 2.27 bits per heavy atom. The first kappa shape index (κ1) is 18.0. The van der Waals surface area contributed by atoms with E-state index in [0.717, 1.165) is 7.11 Å². The van der Waals surface area contributed by atoms with Crippen molar-refractivity contribution in [3.8, 4) is 11.8 Å². The fraction of sp³-hybridized carbons (Fsp3) is 0.500. The number of alkyl halides is 1. The molecule has 0 radical (unpaired) electrons. The summed E-state index contributed by atoms with van der Waals surface area (Å²) in [5.74, 6) is 1.85.